The van der Waals surface area contributed by atoms with Crippen LogP contribution in [0.4, 0.5) is 0 Å². The minimum atomic E-state index is -0.181. The zero-order valence-corrected chi connectivity index (χ0v) is 10.6. The summed E-state index contributed by atoms with van der Waals surface area (Å²) in [4.78, 5) is 15.5. The van der Waals surface area contributed by atoms with E-state index in [9.17, 15) is 4.79 Å². The van der Waals surface area contributed by atoms with Gasteiger partial charge in [0.1, 0.15) is 6.10 Å². The van der Waals surface area contributed by atoms with Gasteiger partial charge in [-0.15, -0.1) is 0 Å². The number of carbonyl (C=O) groups excluding carboxylic acids is 1. The predicted octanol–water partition coefficient (Wildman–Crippen LogP) is 0.497. The van der Waals surface area contributed by atoms with Crippen molar-refractivity contribution in [2.75, 3.05) is 26.3 Å². The number of rotatable bonds is 5. The van der Waals surface area contributed by atoms with E-state index in [2.05, 4.69) is 10.3 Å². The van der Waals surface area contributed by atoms with Crippen molar-refractivity contribution in [2.24, 2.45) is 0 Å². The first kappa shape index (κ1) is 13.0. The van der Waals surface area contributed by atoms with Crippen LogP contribution in [0.25, 0.3) is 0 Å². The fourth-order valence-electron chi connectivity index (χ4n) is 1.99. The Morgan fingerprint density at radius 3 is 3.33 bits per heavy atom. The normalized spacial score (nSPS) is 19.7. The van der Waals surface area contributed by atoms with Gasteiger partial charge in [-0.05, 0) is 6.92 Å². The van der Waals surface area contributed by atoms with E-state index in [0.717, 1.165) is 18.8 Å². The van der Waals surface area contributed by atoms with E-state index in [1.165, 1.54) is 0 Å². The highest BCUT2D eigenvalue weighted by atomic mass is 16.5. The fraction of sp³-hybridized carbons (Fsp3) is 0.667. The molecule has 1 atom stereocenters. The number of nitrogens with one attached hydrogen (secondary N) is 1. The second-order valence-electron chi connectivity index (χ2n) is 4.13. The number of carbonyl (C=O) groups is 1. The van der Waals surface area contributed by atoms with Gasteiger partial charge < -0.3 is 19.4 Å². The number of imidazole rings is 1. The number of esters is 1. The Hall–Kier alpha value is -1.40. The summed E-state index contributed by atoms with van der Waals surface area (Å²) in [6.45, 7) is 5.17. The molecule has 0 amide bonds. The Morgan fingerprint density at radius 2 is 2.61 bits per heavy atom. The summed E-state index contributed by atoms with van der Waals surface area (Å²) >= 11 is 0. The van der Waals surface area contributed by atoms with Crippen LogP contribution in [0.15, 0.2) is 12.5 Å². The second-order valence-corrected chi connectivity index (χ2v) is 4.13. The third-order valence-electron chi connectivity index (χ3n) is 2.86. The third-order valence-corrected chi connectivity index (χ3v) is 2.86. The van der Waals surface area contributed by atoms with Gasteiger partial charge in [0.2, 0.25) is 0 Å². The van der Waals surface area contributed by atoms with E-state index in [0.29, 0.717) is 26.2 Å². The summed E-state index contributed by atoms with van der Waals surface area (Å²) in [5.74, 6) is -0.181. The molecular formula is C12H19N3O3. The highest BCUT2D eigenvalue weighted by Crippen LogP contribution is 2.18. The first-order valence-electron chi connectivity index (χ1n) is 6.29. The minimum Gasteiger partial charge on any atom is -0.466 e. The van der Waals surface area contributed by atoms with Crippen LogP contribution >= 0.6 is 0 Å². The lowest BCUT2D eigenvalue weighted by atomic mass is 10.2. The number of morpholine rings is 1. The molecule has 0 aromatic carbocycles. The molecule has 2 heterocycles. The second kappa shape index (κ2) is 6.51. The number of aryl methyl sites for hydroxylation is 1. The standard InChI is InChI=1S/C12H19N3O3/c1-2-17-12(16)3-5-15-9-14-7-10(15)11-8-13-4-6-18-11/h7,9,11,13H,2-6,8H2,1H3. The van der Waals surface area contributed by atoms with Crippen molar-refractivity contribution in [1.29, 1.82) is 0 Å². The van der Waals surface area contributed by atoms with Crippen LogP contribution in [0.3, 0.4) is 0 Å². The van der Waals surface area contributed by atoms with Gasteiger partial charge in [0.05, 0.1) is 37.9 Å². The Kier molecular flexibility index (Phi) is 4.72. The van der Waals surface area contributed by atoms with Crippen molar-refractivity contribution >= 4 is 5.97 Å². The van der Waals surface area contributed by atoms with Crippen molar-refractivity contribution in [3.63, 3.8) is 0 Å². The van der Waals surface area contributed by atoms with Gasteiger partial charge in [-0.3, -0.25) is 4.79 Å². The number of nitrogens with zero attached hydrogens (tertiary/aromatic N) is 2. The Labute approximate surface area is 106 Å². The van der Waals surface area contributed by atoms with E-state index >= 15 is 0 Å². The maximum absolute atomic E-state index is 11.3. The van der Waals surface area contributed by atoms with E-state index in [1.54, 1.807) is 12.5 Å². The molecule has 18 heavy (non-hydrogen) atoms. The maximum Gasteiger partial charge on any atom is 0.307 e. The van der Waals surface area contributed by atoms with Crippen LogP contribution < -0.4 is 5.32 Å². The molecule has 100 valence electrons. The number of hydrogen-bond donors (Lipinski definition) is 1. The average molecular weight is 253 g/mol. The molecule has 6 heteroatoms. The topological polar surface area (TPSA) is 65.4 Å². The molecule has 1 aliphatic rings. The van der Waals surface area contributed by atoms with E-state index in [-0.39, 0.29) is 12.1 Å². The molecule has 0 spiro atoms. The van der Waals surface area contributed by atoms with Crippen molar-refractivity contribution in [3.8, 4) is 0 Å². The summed E-state index contributed by atoms with van der Waals surface area (Å²) in [5.41, 5.74) is 1.01. The fourth-order valence-corrected chi connectivity index (χ4v) is 1.99. The van der Waals surface area contributed by atoms with Gasteiger partial charge in [-0.25, -0.2) is 4.98 Å². The van der Waals surface area contributed by atoms with Gasteiger partial charge >= 0.3 is 5.97 Å². The van der Waals surface area contributed by atoms with Gasteiger partial charge in [-0.2, -0.15) is 0 Å². The molecule has 1 unspecified atom stereocenters. The van der Waals surface area contributed by atoms with Gasteiger partial charge in [-0.1, -0.05) is 0 Å². The van der Waals surface area contributed by atoms with Crippen LogP contribution in [-0.4, -0.2) is 41.8 Å². The van der Waals surface area contributed by atoms with Crippen LogP contribution in [0.2, 0.25) is 0 Å². The first-order chi connectivity index (χ1) is 8.81. The lowest BCUT2D eigenvalue weighted by Gasteiger charge is -2.24. The largest absolute Gasteiger partial charge is 0.466 e. The van der Waals surface area contributed by atoms with Gasteiger partial charge in [0.15, 0.2) is 0 Å². The number of aromatic nitrogens is 2. The monoisotopic (exact) mass is 253 g/mol. The molecular weight excluding hydrogens is 234 g/mol. The van der Waals surface area contributed by atoms with Crippen molar-refractivity contribution in [3.05, 3.63) is 18.2 Å². The lowest BCUT2D eigenvalue weighted by molar-refractivity contribution is -0.143. The smallest absolute Gasteiger partial charge is 0.307 e. The molecule has 1 N–H and O–H groups in total. The van der Waals surface area contributed by atoms with Crippen LogP contribution in [0.1, 0.15) is 25.1 Å². The van der Waals surface area contributed by atoms with Gasteiger partial charge in [0.25, 0.3) is 0 Å². The molecule has 1 fully saturated rings. The molecule has 0 bridgehead atoms. The molecule has 1 saturated heterocycles. The molecule has 0 aliphatic carbocycles. The quantitative estimate of drug-likeness (QED) is 0.774. The first-order valence-corrected chi connectivity index (χ1v) is 6.29. The third kappa shape index (κ3) is 3.30. The Bertz CT molecular complexity index is 386. The Balaban J connectivity index is 1.92. The number of ether oxygens (including phenoxy) is 2. The van der Waals surface area contributed by atoms with Crippen LogP contribution in [-0.2, 0) is 20.8 Å². The molecule has 1 aromatic heterocycles. The van der Waals surface area contributed by atoms with Crippen molar-refractivity contribution in [1.82, 2.24) is 14.9 Å². The zero-order chi connectivity index (χ0) is 12.8. The highest BCUT2D eigenvalue weighted by molar-refractivity contribution is 5.69. The maximum atomic E-state index is 11.3. The minimum absolute atomic E-state index is 0.0171. The van der Waals surface area contributed by atoms with E-state index in [1.807, 2.05) is 11.5 Å². The zero-order valence-electron chi connectivity index (χ0n) is 10.6. The predicted molar refractivity (Wildman–Crippen MR) is 65.0 cm³/mol. The van der Waals surface area contributed by atoms with E-state index < -0.39 is 0 Å². The molecule has 0 saturated carbocycles. The molecule has 2 rings (SSSR count). The van der Waals surface area contributed by atoms with Crippen molar-refractivity contribution in [2.45, 2.75) is 26.0 Å². The number of hydrogen-bond acceptors (Lipinski definition) is 5. The SMILES string of the molecule is CCOC(=O)CCn1cncc1C1CNCCO1. The molecule has 1 aliphatic heterocycles. The van der Waals surface area contributed by atoms with E-state index in [4.69, 9.17) is 9.47 Å². The highest BCUT2D eigenvalue weighted by Gasteiger charge is 2.19. The van der Waals surface area contributed by atoms with Crippen LogP contribution in [0.5, 0.6) is 0 Å². The van der Waals surface area contributed by atoms with Crippen LogP contribution in [0, 0.1) is 0 Å². The summed E-state index contributed by atoms with van der Waals surface area (Å²) in [7, 11) is 0. The summed E-state index contributed by atoms with van der Waals surface area (Å²) in [5, 5.41) is 3.28. The van der Waals surface area contributed by atoms with Crippen molar-refractivity contribution < 1.29 is 14.3 Å². The summed E-state index contributed by atoms with van der Waals surface area (Å²) < 4.78 is 12.5. The Morgan fingerprint density at radius 1 is 1.72 bits per heavy atom. The summed E-state index contributed by atoms with van der Waals surface area (Å²) in [6.07, 6.45) is 3.90. The molecule has 1 aromatic rings. The molecule has 6 nitrogen and oxygen atoms in total. The molecule has 0 radical (unpaired) electrons. The summed E-state index contributed by atoms with van der Waals surface area (Å²) in [6, 6.07) is 0. The van der Waals surface area contributed by atoms with Gasteiger partial charge in [0, 0.05) is 19.6 Å². The average Bonchev–Trinajstić information content (AvgIpc) is 2.86. The lowest BCUT2D eigenvalue weighted by Crippen LogP contribution is -2.34.